The Bertz CT molecular complexity index is 1050. The molecule has 0 saturated heterocycles. The van der Waals surface area contributed by atoms with E-state index in [1.54, 1.807) is 7.11 Å². The molecule has 4 heteroatoms. The first-order valence-electron chi connectivity index (χ1n) is 8.94. The maximum atomic E-state index is 5.29. The van der Waals surface area contributed by atoms with E-state index in [1.165, 1.54) is 21.9 Å². The summed E-state index contributed by atoms with van der Waals surface area (Å²) >= 11 is 0. The fraction of sp³-hybridized carbons (Fsp3) is 0.227. The highest BCUT2D eigenvalue weighted by Gasteiger charge is 2.06. The van der Waals surface area contributed by atoms with Gasteiger partial charge in [0.05, 0.1) is 18.1 Å². The van der Waals surface area contributed by atoms with E-state index in [0.717, 1.165) is 36.7 Å². The third-order valence-corrected chi connectivity index (χ3v) is 4.80. The van der Waals surface area contributed by atoms with Crippen molar-refractivity contribution in [1.82, 2.24) is 14.9 Å². The number of hydrogen-bond donors (Lipinski definition) is 1. The summed E-state index contributed by atoms with van der Waals surface area (Å²) < 4.78 is 7.56. The molecule has 3 aromatic carbocycles. The van der Waals surface area contributed by atoms with Crippen molar-refractivity contribution in [3.8, 4) is 5.75 Å². The normalized spacial score (nSPS) is 11.3. The Morgan fingerprint density at radius 2 is 1.81 bits per heavy atom. The number of imidazole rings is 1. The first kappa shape index (κ1) is 16.6. The van der Waals surface area contributed by atoms with Gasteiger partial charge in [0.25, 0.3) is 0 Å². The Kier molecular flexibility index (Phi) is 4.59. The van der Waals surface area contributed by atoms with Crippen LogP contribution in [0.3, 0.4) is 0 Å². The van der Waals surface area contributed by atoms with Gasteiger partial charge in [-0.15, -0.1) is 0 Å². The van der Waals surface area contributed by atoms with E-state index in [1.807, 2.05) is 12.1 Å². The number of benzene rings is 3. The standard InChI is InChI=1S/C22H23N3O/c1-16-24-21-5-3-4-6-22(21)25(16)12-11-23-15-17-7-8-19-14-20(26-2)10-9-18(19)13-17/h3-10,13-14,23H,11-12,15H2,1-2H3. The number of aryl methyl sites for hydroxylation is 1. The van der Waals surface area contributed by atoms with Gasteiger partial charge in [-0.05, 0) is 53.6 Å². The molecule has 0 saturated carbocycles. The lowest BCUT2D eigenvalue weighted by molar-refractivity contribution is 0.415. The first-order valence-corrected chi connectivity index (χ1v) is 8.94. The van der Waals surface area contributed by atoms with Crippen molar-refractivity contribution in [2.24, 2.45) is 0 Å². The summed E-state index contributed by atoms with van der Waals surface area (Å²) in [5.41, 5.74) is 3.55. The molecule has 1 N–H and O–H groups in total. The van der Waals surface area contributed by atoms with Crippen LogP contribution in [0.2, 0.25) is 0 Å². The van der Waals surface area contributed by atoms with E-state index in [0.29, 0.717) is 0 Å². The first-order chi connectivity index (χ1) is 12.7. The lowest BCUT2D eigenvalue weighted by atomic mass is 10.1. The van der Waals surface area contributed by atoms with Crippen molar-refractivity contribution in [2.75, 3.05) is 13.7 Å². The molecule has 0 bridgehead atoms. The molecule has 0 atom stereocenters. The molecule has 1 aromatic heterocycles. The molecule has 0 fully saturated rings. The molecule has 1 heterocycles. The maximum Gasteiger partial charge on any atom is 0.119 e. The Morgan fingerprint density at radius 1 is 1.00 bits per heavy atom. The molecule has 0 unspecified atom stereocenters. The van der Waals surface area contributed by atoms with Crippen LogP contribution in [0.1, 0.15) is 11.4 Å². The van der Waals surface area contributed by atoms with Gasteiger partial charge in [0.1, 0.15) is 11.6 Å². The van der Waals surface area contributed by atoms with Crippen molar-refractivity contribution in [3.05, 3.63) is 72.1 Å². The predicted molar refractivity (Wildman–Crippen MR) is 107 cm³/mol. The molecule has 0 aliphatic rings. The topological polar surface area (TPSA) is 39.1 Å². The van der Waals surface area contributed by atoms with E-state index < -0.39 is 0 Å². The number of para-hydroxylation sites is 2. The number of ether oxygens (including phenoxy) is 1. The number of fused-ring (bicyclic) bond motifs is 2. The van der Waals surface area contributed by atoms with E-state index in [4.69, 9.17) is 4.74 Å². The Balaban J connectivity index is 1.40. The molecule has 0 aliphatic heterocycles. The number of hydrogen-bond acceptors (Lipinski definition) is 3. The van der Waals surface area contributed by atoms with E-state index >= 15 is 0 Å². The van der Waals surface area contributed by atoms with Gasteiger partial charge >= 0.3 is 0 Å². The van der Waals surface area contributed by atoms with E-state index in [-0.39, 0.29) is 0 Å². The molecule has 4 nitrogen and oxygen atoms in total. The van der Waals surface area contributed by atoms with Gasteiger partial charge in [0, 0.05) is 19.6 Å². The van der Waals surface area contributed by atoms with E-state index in [9.17, 15) is 0 Å². The minimum Gasteiger partial charge on any atom is -0.497 e. The number of nitrogens with one attached hydrogen (secondary N) is 1. The zero-order valence-electron chi connectivity index (χ0n) is 15.2. The molecule has 26 heavy (non-hydrogen) atoms. The number of nitrogens with zero attached hydrogens (tertiary/aromatic N) is 2. The highest BCUT2D eigenvalue weighted by atomic mass is 16.5. The molecule has 0 spiro atoms. The van der Waals surface area contributed by atoms with Gasteiger partial charge in [-0.1, -0.05) is 30.3 Å². The maximum absolute atomic E-state index is 5.29. The van der Waals surface area contributed by atoms with Crippen LogP contribution in [0.15, 0.2) is 60.7 Å². The smallest absolute Gasteiger partial charge is 0.119 e. The summed E-state index contributed by atoms with van der Waals surface area (Å²) in [5, 5.41) is 5.99. The van der Waals surface area contributed by atoms with Crippen molar-refractivity contribution in [3.63, 3.8) is 0 Å². The molecular formula is C22H23N3O. The Labute approximate surface area is 153 Å². The van der Waals surface area contributed by atoms with Crippen LogP contribution in [-0.2, 0) is 13.1 Å². The highest BCUT2D eigenvalue weighted by molar-refractivity contribution is 5.84. The minimum absolute atomic E-state index is 0.855. The molecule has 0 radical (unpaired) electrons. The summed E-state index contributed by atoms with van der Waals surface area (Å²) in [7, 11) is 1.70. The molecule has 4 aromatic rings. The summed E-state index contributed by atoms with van der Waals surface area (Å²) in [6.07, 6.45) is 0. The summed E-state index contributed by atoms with van der Waals surface area (Å²) in [4.78, 5) is 4.62. The van der Waals surface area contributed by atoms with Crippen molar-refractivity contribution in [2.45, 2.75) is 20.0 Å². The van der Waals surface area contributed by atoms with Gasteiger partial charge in [-0.25, -0.2) is 4.98 Å². The van der Waals surface area contributed by atoms with Crippen molar-refractivity contribution >= 4 is 21.8 Å². The van der Waals surface area contributed by atoms with Gasteiger partial charge < -0.3 is 14.6 Å². The quantitative estimate of drug-likeness (QED) is 0.530. The second-order valence-electron chi connectivity index (χ2n) is 6.52. The van der Waals surface area contributed by atoms with Crippen LogP contribution in [0.25, 0.3) is 21.8 Å². The van der Waals surface area contributed by atoms with Crippen LogP contribution in [0.5, 0.6) is 5.75 Å². The Morgan fingerprint density at radius 3 is 2.69 bits per heavy atom. The summed E-state index contributed by atoms with van der Waals surface area (Å²) in [6, 6.07) is 21.0. The Hall–Kier alpha value is -2.85. The molecule has 0 aliphatic carbocycles. The number of methoxy groups -OCH3 is 1. The predicted octanol–water partition coefficient (Wildman–Crippen LogP) is 4.30. The van der Waals surface area contributed by atoms with Crippen LogP contribution < -0.4 is 10.1 Å². The third kappa shape index (κ3) is 3.28. The van der Waals surface area contributed by atoms with Crippen LogP contribution in [0, 0.1) is 6.92 Å². The monoisotopic (exact) mass is 345 g/mol. The van der Waals surface area contributed by atoms with Gasteiger partial charge in [0.15, 0.2) is 0 Å². The fourth-order valence-electron chi connectivity index (χ4n) is 3.41. The SMILES string of the molecule is COc1ccc2cc(CNCCn3c(C)nc4ccccc43)ccc2c1. The number of aromatic nitrogens is 2. The molecule has 0 amide bonds. The second kappa shape index (κ2) is 7.18. The molecule has 132 valence electrons. The second-order valence-corrected chi connectivity index (χ2v) is 6.52. The van der Waals surface area contributed by atoms with Gasteiger partial charge in [0.2, 0.25) is 0 Å². The summed E-state index contributed by atoms with van der Waals surface area (Å²) in [5.74, 6) is 1.96. The zero-order valence-corrected chi connectivity index (χ0v) is 15.2. The van der Waals surface area contributed by atoms with Crippen molar-refractivity contribution in [1.29, 1.82) is 0 Å². The van der Waals surface area contributed by atoms with E-state index in [2.05, 4.69) is 70.3 Å². The van der Waals surface area contributed by atoms with Gasteiger partial charge in [-0.2, -0.15) is 0 Å². The van der Waals surface area contributed by atoms with Gasteiger partial charge in [-0.3, -0.25) is 0 Å². The van der Waals surface area contributed by atoms with Crippen LogP contribution in [-0.4, -0.2) is 23.2 Å². The lowest BCUT2D eigenvalue weighted by Crippen LogP contribution is -2.20. The van der Waals surface area contributed by atoms with Crippen LogP contribution in [0.4, 0.5) is 0 Å². The van der Waals surface area contributed by atoms with Crippen molar-refractivity contribution < 1.29 is 4.74 Å². The lowest BCUT2D eigenvalue weighted by Gasteiger charge is -2.09. The van der Waals surface area contributed by atoms with Crippen LogP contribution >= 0.6 is 0 Å². The average Bonchev–Trinajstić information content (AvgIpc) is 3.00. The fourth-order valence-corrected chi connectivity index (χ4v) is 3.41. The minimum atomic E-state index is 0.855. The number of rotatable bonds is 6. The largest absolute Gasteiger partial charge is 0.497 e. The highest BCUT2D eigenvalue weighted by Crippen LogP contribution is 2.22. The zero-order chi connectivity index (χ0) is 17.9. The third-order valence-electron chi connectivity index (χ3n) is 4.80. The average molecular weight is 345 g/mol. The molecule has 4 rings (SSSR count). The molecular weight excluding hydrogens is 322 g/mol. The summed E-state index contributed by atoms with van der Waals surface area (Å²) in [6.45, 7) is 4.74.